The van der Waals surface area contributed by atoms with Crippen molar-refractivity contribution in [1.82, 2.24) is 9.80 Å². The molecule has 1 heterocycles. The lowest BCUT2D eigenvalue weighted by Gasteiger charge is -2.41. The first-order chi connectivity index (χ1) is 14.6. The standard InChI is InChI=1S/C23H31FN2O4/c1-28-20-4-5-23(24)18(12-20)15-25-7-8-26(19(16-25)6-9-27)14-17-10-21(29-2)13-22(11-17)30-3/h4-5,10-13,19,27H,6-9,14-16H2,1-3H3/t19-/m1/s1. The van der Waals surface area contributed by atoms with E-state index in [9.17, 15) is 9.50 Å². The second kappa shape index (κ2) is 10.6. The Hall–Kier alpha value is -2.35. The predicted molar refractivity (Wildman–Crippen MR) is 114 cm³/mol. The highest BCUT2D eigenvalue weighted by atomic mass is 19.1. The number of hydrogen-bond donors (Lipinski definition) is 1. The topological polar surface area (TPSA) is 54.4 Å². The number of methoxy groups -OCH3 is 3. The van der Waals surface area contributed by atoms with E-state index in [4.69, 9.17) is 14.2 Å². The first kappa shape index (κ1) is 22.3. The van der Waals surface area contributed by atoms with E-state index >= 15 is 0 Å². The number of piperazine rings is 1. The van der Waals surface area contributed by atoms with Gasteiger partial charge in [0.15, 0.2) is 0 Å². The Labute approximate surface area is 177 Å². The van der Waals surface area contributed by atoms with E-state index in [1.54, 1.807) is 33.5 Å². The van der Waals surface area contributed by atoms with E-state index < -0.39 is 0 Å². The summed E-state index contributed by atoms with van der Waals surface area (Å²) in [6.07, 6.45) is 0.665. The molecular formula is C23H31FN2O4. The van der Waals surface area contributed by atoms with Crippen LogP contribution in [-0.4, -0.2) is 68.5 Å². The Balaban J connectivity index is 1.70. The summed E-state index contributed by atoms with van der Waals surface area (Å²) in [5, 5.41) is 9.59. The van der Waals surface area contributed by atoms with Crippen LogP contribution < -0.4 is 14.2 Å². The van der Waals surface area contributed by atoms with Gasteiger partial charge in [-0.15, -0.1) is 0 Å². The molecule has 0 bridgehead atoms. The van der Waals surface area contributed by atoms with Crippen LogP contribution in [0, 0.1) is 5.82 Å². The minimum Gasteiger partial charge on any atom is -0.497 e. The molecule has 1 fully saturated rings. The number of nitrogens with zero attached hydrogens (tertiary/aromatic N) is 2. The van der Waals surface area contributed by atoms with Gasteiger partial charge in [0, 0.05) is 57.0 Å². The number of hydrogen-bond acceptors (Lipinski definition) is 6. The molecule has 1 N–H and O–H groups in total. The number of aliphatic hydroxyl groups excluding tert-OH is 1. The molecule has 2 aromatic carbocycles. The van der Waals surface area contributed by atoms with Crippen molar-refractivity contribution in [3.8, 4) is 17.2 Å². The molecule has 1 aliphatic rings. The lowest BCUT2D eigenvalue weighted by Crippen LogP contribution is -2.52. The van der Waals surface area contributed by atoms with Gasteiger partial charge in [0.25, 0.3) is 0 Å². The van der Waals surface area contributed by atoms with Crippen LogP contribution >= 0.6 is 0 Å². The maximum Gasteiger partial charge on any atom is 0.127 e. The van der Waals surface area contributed by atoms with Gasteiger partial charge in [-0.3, -0.25) is 9.80 Å². The van der Waals surface area contributed by atoms with Crippen molar-refractivity contribution in [3.05, 3.63) is 53.3 Å². The molecule has 1 saturated heterocycles. The second-order valence-corrected chi connectivity index (χ2v) is 7.55. The molecule has 3 rings (SSSR count). The summed E-state index contributed by atoms with van der Waals surface area (Å²) < 4.78 is 30.3. The van der Waals surface area contributed by atoms with E-state index in [0.29, 0.717) is 24.3 Å². The Morgan fingerprint density at radius 3 is 2.27 bits per heavy atom. The van der Waals surface area contributed by atoms with Gasteiger partial charge in [-0.25, -0.2) is 4.39 Å². The Bertz CT molecular complexity index is 811. The number of aliphatic hydroxyl groups is 1. The lowest BCUT2D eigenvalue weighted by molar-refractivity contribution is 0.0494. The molecule has 0 aliphatic carbocycles. The molecule has 164 valence electrons. The van der Waals surface area contributed by atoms with E-state index in [1.165, 1.54) is 6.07 Å². The molecule has 0 radical (unpaired) electrons. The van der Waals surface area contributed by atoms with Crippen molar-refractivity contribution < 1.29 is 23.7 Å². The Kier molecular flexibility index (Phi) is 7.90. The summed E-state index contributed by atoms with van der Waals surface area (Å²) in [6.45, 7) is 3.78. The fourth-order valence-corrected chi connectivity index (χ4v) is 3.96. The third kappa shape index (κ3) is 5.62. The zero-order chi connectivity index (χ0) is 21.5. The molecule has 1 aliphatic heterocycles. The van der Waals surface area contributed by atoms with Gasteiger partial charge in [0.1, 0.15) is 23.1 Å². The largest absolute Gasteiger partial charge is 0.497 e. The Morgan fingerprint density at radius 2 is 1.63 bits per heavy atom. The number of halogens is 1. The summed E-state index contributed by atoms with van der Waals surface area (Å²) in [5.41, 5.74) is 1.73. The van der Waals surface area contributed by atoms with E-state index in [-0.39, 0.29) is 18.5 Å². The molecule has 0 aromatic heterocycles. The minimum absolute atomic E-state index is 0.115. The fourth-order valence-electron chi connectivity index (χ4n) is 3.96. The average Bonchev–Trinajstić information content (AvgIpc) is 2.77. The zero-order valence-corrected chi connectivity index (χ0v) is 17.9. The number of rotatable bonds is 9. The van der Waals surface area contributed by atoms with E-state index in [2.05, 4.69) is 9.80 Å². The van der Waals surface area contributed by atoms with E-state index in [1.807, 2.05) is 18.2 Å². The van der Waals surface area contributed by atoms with Crippen molar-refractivity contribution in [2.24, 2.45) is 0 Å². The van der Waals surface area contributed by atoms with E-state index in [0.717, 1.165) is 43.2 Å². The van der Waals surface area contributed by atoms with Gasteiger partial charge in [0.05, 0.1) is 21.3 Å². The lowest BCUT2D eigenvalue weighted by atomic mass is 10.1. The Morgan fingerprint density at radius 1 is 0.933 bits per heavy atom. The normalized spacial score (nSPS) is 17.7. The third-order valence-corrected chi connectivity index (χ3v) is 5.59. The van der Waals surface area contributed by atoms with Crippen LogP contribution in [0.3, 0.4) is 0 Å². The maximum absolute atomic E-state index is 14.3. The number of ether oxygens (including phenoxy) is 3. The molecule has 0 amide bonds. The molecule has 7 heteroatoms. The van der Waals surface area contributed by atoms with Gasteiger partial charge in [0.2, 0.25) is 0 Å². The van der Waals surface area contributed by atoms with Crippen molar-refractivity contribution in [1.29, 1.82) is 0 Å². The van der Waals surface area contributed by atoms with Crippen molar-refractivity contribution in [2.75, 3.05) is 47.6 Å². The first-order valence-corrected chi connectivity index (χ1v) is 10.2. The molecule has 0 unspecified atom stereocenters. The second-order valence-electron chi connectivity index (χ2n) is 7.55. The van der Waals surface area contributed by atoms with Gasteiger partial charge < -0.3 is 19.3 Å². The highest BCUT2D eigenvalue weighted by Gasteiger charge is 2.27. The van der Waals surface area contributed by atoms with Gasteiger partial charge in [-0.05, 0) is 42.3 Å². The van der Waals surface area contributed by atoms with Gasteiger partial charge in [-0.2, -0.15) is 0 Å². The predicted octanol–water partition coefficient (Wildman–Crippen LogP) is 2.92. The maximum atomic E-state index is 14.3. The summed E-state index contributed by atoms with van der Waals surface area (Å²) in [4.78, 5) is 4.60. The molecular weight excluding hydrogens is 387 g/mol. The van der Waals surface area contributed by atoms with Crippen LogP contribution in [0.1, 0.15) is 17.5 Å². The van der Waals surface area contributed by atoms with Crippen LogP contribution in [0.25, 0.3) is 0 Å². The van der Waals surface area contributed by atoms with Crippen LogP contribution in [0.5, 0.6) is 17.2 Å². The summed E-state index contributed by atoms with van der Waals surface area (Å²) in [7, 11) is 4.87. The zero-order valence-electron chi connectivity index (χ0n) is 17.9. The quantitative estimate of drug-likeness (QED) is 0.676. The van der Waals surface area contributed by atoms with Crippen molar-refractivity contribution >= 4 is 0 Å². The minimum atomic E-state index is -0.222. The summed E-state index contributed by atoms with van der Waals surface area (Å²) in [5.74, 6) is 1.95. The number of benzene rings is 2. The summed E-state index contributed by atoms with van der Waals surface area (Å²) >= 11 is 0. The SMILES string of the molecule is COc1cc(CN2CCN(Cc3cc(OC)ccc3F)C[C@H]2CCO)cc(OC)c1. The van der Waals surface area contributed by atoms with Gasteiger partial charge in [-0.1, -0.05) is 0 Å². The molecule has 2 aromatic rings. The monoisotopic (exact) mass is 418 g/mol. The molecule has 0 spiro atoms. The molecule has 30 heavy (non-hydrogen) atoms. The van der Waals surface area contributed by atoms with Crippen LogP contribution in [0.15, 0.2) is 36.4 Å². The van der Waals surface area contributed by atoms with Crippen LogP contribution in [0.4, 0.5) is 4.39 Å². The molecule has 1 atom stereocenters. The molecule has 0 saturated carbocycles. The highest BCUT2D eigenvalue weighted by molar-refractivity contribution is 5.38. The van der Waals surface area contributed by atoms with Crippen LogP contribution in [-0.2, 0) is 13.1 Å². The van der Waals surface area contributed by atoms with Gasteiger partial charge >= 0.3 is 0 Å². The van der Waals surface area contributed by atoms with Crippen molar-refractivity contribution in [3.63, 3.8) is 0 Å². The van der Waals surface area contributed by atoms with Crippen LogP contribution in [0.2, 0.25) is 0 Å². The summed E-state index contributed by atoms with van der Waals surface area (Å²) in [6, 6.07) is 10.9. The third-order valence-electron chi connectivity index (χ3n) is 5.59. The highest BCUT2D eigenvalue weighted by Crippen LogP contribution is 2.26. The smallest absolute Gasteiger partial charge is 0.127 e. The van der Waals surface area contributed by atoms with Crippen molar-refractivity contribution in [2.45, 2.75) is 25.6 Å². The average molecular weight is 419 g/mol. The first-order valence-electron chi connectivity index (χ1n) is 10.2. The molecule has 6 nitrogen and oxygen atoms in total. The fraction of sp³-hybridized carbons (Fsp3) is 0.478.